The minimum Gasteiger partial charge on any atom is -0.313 e. The van der Waals surface area contributed by atoms with Gasteiger partial charge < -0.3 is 10.2 Å². The molecule has 2 nitrogen and oxygen atoms in total. The van der Waals surface area contributed by atoms with E-state index in [-0.39, 0.29) is 0 Å². The van der Waals surface area contributed by atoms with Crippen LogP contribution in [0.4, 0.5) is 0 Å². The van der Waals surface area contributed by atoms with Crippen molar-refractivity contribution >= 4 is 11.8 Å². The highest BCUT2D eigenvalue weighted by molar-refractivity contribution is 7.99. The second-order valence-corrected chi connectivity index (χ2v) is 6.07. The SMILES string of the molecule is C#CCSCCNC1CCCN(C(C)C)CC1. The molecule has 0 bridgehead atoms. The van der Waals surface area contributed by atoms with Crippen molar-refractivity contribution in [3.63, 3.8) is 0 Å². The maximum atomic E-state index is 5.22. The highest BCUT2D eigenvalue weighted by Crippen LogP contribution is 2.13. The van der Waals surface area contributed by atoms with Gasteiger partial charge in [0, 0.05) is 24.4 Å². The zero-order valence-electron chi connectivity index (χ0n) is 11.2. The quantitative estimate of drug-likeness (QED) is 0.578. The molecule has 3 heteroatoms. The van der Waals surface area contributed by atoms with E-state index in [1.807, 2.05) is 11.8 Å². The zero-order chi connectivity index (χ0) is 12.5. The number of hydrogen-bond acceptors (Lipinski definition) is 3. The summed E-state index contributed by atoms with van der Waals surface area (Å²) in [5.41, 5.74) is 0. The Morgan fingerprint density at radius 2 is 2.24 bits per heavy atom. The molecule has 0 aromatic heterocycles. The molecule has 1 heterocycles. The van der Waals surface area contributed by atoms with Crippen molar-refractivity contribution in [2.75, 3.05) is 31.1 Å². The van der Waals surface area contributed by atoms with Crippen LogP contribution in [0.5, 0.6) is 0 Å². The molecule has 1 N–H and O–H groups in total. The van der Waals surface area contributed by atoms with E-state index in [9.17, 15) is 0 Å². The fourth-order valence-electron chi connectivity index (χ4n) is 2.31. The highest BCUT2D eigenvalue weighted by Gasteiger charge is 2.17. The standard InChI is InChI=1S/C14H26N2S/c1-4-11-17-12-8-15-14-6-5-9-16(10-7-14)13(2)3/h1,13-15H,5-12H2,2-3H3. The van der Waals surface area contributed by atoms with Gasteiger partial charge in [-0.25, -0.2) is 0 Å². The molecule has 1 fully saturated rings. The summed E-state index contributed by atoms with van der Waals surface area (Å²) in [4.78, 5) is 2.59. The zero-order valence-corrected chi connectivity index (χ0v) is 12.1. The fourth-order valence-corrected chi connectivity index (χ4v) is 2.83. The summed E-state index contributed by atoms with van der Waals surface area (Å²) >= 11 is 1.84. The molecule has 0 spiro atoms. The first-order valence-corrected chi connectivity index (χ1v) is 7.88. The summed E-state index contributed by atoms with van der Waals surface area (Å²) in [5, 5.41) is 3.66. The van der Waals surface area contributed by atoms with Gasteiger partial charge >= 0.3 is 0 Å². The molecule has 1 unspecified atom stereocenters. The summed E-state index contributed by atoms with van der Waals surface area (Å²) in [5.74, 6) is 4.64. The lowest BCUT2D eigenvalue weighted by Crippen LogP contribution is -2.34. The van der Waals surface area contributed by atoms with E-state index in [0.717, 1.165) is 18.1 Å². The molecule has 1 saturated heterocycles. The summed E-state index contributed by atoms with van der Waals surface area (Å²) in [6.07, 6.45) is 9.16. The fraction of sp³-hybridized carbons (Fsp3) is 0.857. The Balaban J connectivity index is 2.12. The first kappa shape index (κ1) is 14.9. The number of rotatable bonds is 6. The van der Waals surface area contributed by atoms with Gasteiger partial charge in [0.25, 0.3) is 0 Å². The average Bonchev–Trinajstić information content (AvgIpc) is 2.54. The van der Waals surface area contributed by atoms with Crippen LogP contribution in [0, 0.1) is 12.3 Å². The highest BCUT2D eigenvalue weighted by atomic mass is 32.2. The number of nitrogens with one attached hydrogen (secondary N) is 1. The number of hydrogen-bond donors (Lipinski definition) is 1. The first-order chi connectivity index (χ1) is 8.24. The van der Waals surface area contributed by atoms with Crippen LogP contribution < -0.4 is 5.32 Å². The maximum Gasteiger partial charge on any atom is 0.0545 e. The Hall–Kier alpha value is -0.170. The van der Waals surface area contributed by atoms with Gasteiger partial charge in [0.15, 0.2) is 0 Å². The number of nitrogens with zero attached hydrogens (tertiary/aromatic N) is 1. The van der Waals surface area contributed by atoms with Gasteiger partial charge in [-0.2, -0.15) is 0 Å². The molecular weight excluding hydrogens is 228 g/mol. The summed E-state index contributed by atoms with van der Waals surface area (Å²) < 4.78 is 0. The third-order valence-electron chi connectivity index (χ3n) is 3.36. The Bertz CT molecular complexity index is 235. The topological polar surface area (TPSA) is 15.3 Å². The van der Waals surface area contributed by atoms with E-state index < -0.39 is 0 Å². The Morgan fingerprint density at radius 1 is 1.41 bits per heavy atom. The van der Waals surface area contributed by atoms with E-state index in [2.05, 4.69) is 30.0 Å². The van der Waals surface area contributed by atoms with E-state index in [0.29, 0.717) is 12.1 Å². The smallest absolute Gasteiger partial charge is 0.0545 e. The van der Waals surface area contributed by atoms with Gasteiger partial charge in [0.05, 0.1) is 5.75 Å². The van der Waals surface area contributed by atoms with Gasteiger partial charge in [0.2, 0.25) is 0 Å². The monoisotopic (exact) mass is 254 g/mol. The third-order valence-corrected chi connectivity index (χ3v) is 4.22. The van der Waals surface area contributed by atoms with Crippen molar-refractivity contribution in [3.05, 3.63) is 0 Å². The molecule has 0 aliphatic carbocycles. The van der Waals surface area contributed by atoms with Crippen LogP contribution in [0.3, 0.4) is 0 Å². The lowest BCUT2D eigenvalue weighted by atomic mass is 10.1. The van der Waals surface area contributed by atoms with Crippen molar-refractivity contribution < 1.29 is 0 Å². The van der Waals surface area contributed by atoms with Crippen LogP contribution in [0.25, 0.3) is 0 Å². The van der Waals surface area contributed by atoms with Crippen LogP contribution >= 0.6 is 11.8 Å². The second kappa shape index (κ2) is 8.85. The van der Waals surface area contributed by atoms with Crippen LogP contribution in [-0.4, -0.2) is 48.1 Å². The predicted octanol–water partition coefficient (Wildman–Crippen LogP) is 2.21. The first-order valence-electron chi connectivity index (χ1n) is 6.72. The minimum absolute atomic E-state index is 0.694. The largest absolute Gasteiger partial charge is 0.313 e. The molecule has 1 atom stereocenters. The molecule has 0 saturated carbocycles. The lowest BCUT2D eigenvalue weighted by molar-refractivity contribution is 0.229. The third kappa shape index (κ3) is 6.35. The summed E-state index contributed by atoms with van der Waals surface area (Å²) in [6, 6.07) is 1.41. The van der Waals surface area contributed by atoms with Gasteiger partial charge in [-0.05, 0) is 46.2 Å². The van der Waals surface area contributed by atoms with E-state index in [1.165, 1.54) is 32.4 Å². The van der Waals surface area contributed by atoms with Gasteiger partial charge in [-0.3, -0.25) is 0 Å². The van der Waals surface area contributed by atoms with Crippen molar-refractivity contribution in [1.82, 2.24) is 10.2 Å². The van der Waals surface area contributed by atoms with Crippen LogP contribution in [-0.2, 0) is 0 Å². The lowest BCUT2D eigenvalue weighted by Gasteiger charge is -2.24. The molecule has 1 aliphatic rings. The van der Waals surface area contributed by atoms with Gasteiger partial charge in [-0.15, -0.1) is 18.2 Å². The maximum absolute atomic E-state index is 5.22. The van der Waals surface area contributed by atoms with E-state index >= 15 is 0 Å². The van der Waals surface area contributed by atoms with Crippen molar-refractivity contribution in [3.8, 4) is 12.3 Å². The number of thioether (sulfide) groups is 1. The number of likely N-dealkylation sites (tertiary alicyclic amines) is 1. The molecule has 1 rings (SSSR count). The molecule has 0 aromatic carbocycles. The molecule has 98 valence electrons. The minimum atomic E-state index is 0.694. The van der Waals surface area contributed by atoms with Crippen LogP contribution in [0.2, 0.25) is 0 Å². The van der Waals surface area contributed by atoms with E-state index in [1.54, 1.807) is 0 Å². The molecular formula is C14H26N2S. The predicted molar refractivity (Wildman–Crippen MR) is 78.5 cm³/mol. The normalized spacial score (nSPS) is 22.4. The summed E-state index contributed by atoms with van der Waals surface area (Å²) in [7, 11) is 0. The Morgan fingerprint density at radius 3 is 2.94 bits per heavy atom. The summed E-state index contributed by atoms with van der Waals surface area (Å²) in [6.45, 7) is 8.20. The average molecular weight is 254 g/mol. The molecule has 1 aliphatic heterocycles. The van der Waals surface area contributed by atoms with Gasteiger partial charge in [0.1, 0.15) is 0 Å². The molecule has 0 radical (unpaired) electrons. The van der Waals surface area contributed by atoms with Crippen molar-refractivity contribution in [1.29, 1.82) is 0 Å². The molecule has 0 amide bonds. The van der Waals surface area contributed by atoms with Crippen LogP contribution in [0.1, 0.15) is 33.1 Å². The van der Waals surface area contributed by atoms with Crippen molar-refractivity contribution in [2.45, 2.75) is 45.2 Å². The van der Waals surface area contributed by atoms with Crippen molar-refractivity contribution in [2.24, 2.45) is 0 Å². The van der Waals surface area contributed by atoms with E-state index in [4.69, 9.17) is 6.42 Å². The number of terminal acetylenes is 1. The molecule has 0 aromatic rings. The molecule has 17 heavy (non-hydrogen) atoms. The van der Waals surface area contributed by atoms with Gasteiger partial charge in [-0.1, -0.05) is 5.92 Å². The van der Waals surface area contributed by atoms with Crippen LogP contribution in [0.15, 0.2) is 0 Å². The second-order valence-electron chi connectivity index (χ2n) is 4.97. The Kier molecular flexibility index (Phi) is 7.75. The Labute approximate surface area is 111 Å².